The molecule has 2 atom stereocenters. The zero-order valence-corrected chi connectivity index (χ0v) is 79.5. The van der Waals surface area contributed by atoms with E-state index in [0.29, 0.717) is 114 Å². The van der Waals surface area contributed by atoms with Gasteiger partial charge in [0.25, 0.3) is 22.2 Å². The van der Waals surface area contributed by atoms with Crippen LogP contribution in [0.3, 0.4) is 0 Å². The van der Waals surface area contributed by atoms with Gasteiger partial charge >= 0.3 is 0 Å². The molecule has 28 heteroatoms. The SMILES string of the molecule is CC#Cc1cc2cnc(Nc3ccc(C4=CCNCC4)cc3)nc2n(Cc2ncccc2C)c1=O.CC#Cc1cc2cnc(Nc3ccc(C4CCNCC4)cc3)nc2n(Cc2ncccc2C)c1=O.CC#Cc1cc2cnc(Nc3ccc(C4CNCCO4)cc3)nc2n(Cc2ccccc2C)c1=O.CC#Cc1cc2cnc(Nc3ccc(C4CNCCO4)cc3)nc2n(Cc2ccccc2C)c1=O. The second kappa shape index (κ2) is 45.6. The first kappa shape index (κ1) is 95.4. The molecule has 16 aromatic rings. The minimum atomic E-state index is -0.193. The number of nitrogens with zero attached hydrogens (tertiary/aromatic N) is 14. The van der Waals surface area contributed by atoms with Gasteiger partial charge < -0.3 is 52.0 Å². The lowest BCUT2D eigenvalue weighted by molar-refractivity contribution is 0.0276. The summed E-state index contributed by atoms with van der Waals surface area (Å²) in [5.41, 5.74) is 20.9. The van der Waals surface area contributed by atoms with Gasteiger partial charge in [0, 0.05) is 114 Å². The first-order valence-electron chi connectivity index (χ1n) is 47.0. The highest BCUT2D eigenvalue weighted by molar-refractivity contribution is 5.82. The maximum Gasteiger partial charge on any atom is 0.268 e. The second-order valence-electron chi connectivity index (χ2n) is 34.4. The second-order valence-corrected chi connectivity index (χ2v) is 34.4. The highest BCUT2D eigenvalue weighted by Gasteiger charge is 2.24. The molecule has 702 valence electrons. The molecule has 10 aromatic heterocycles. The Morgan fingerprint density at radius 3 is 1.04 bits per heavy atom. The lowest BCUT2D eigenvalue weighted by Crippen LogP contribution is -2.33. The van der Waals surface area contributed by atoms with Crippen LogP contribution in [0.4, 0.5) is 46.5 Å². The van der Waals surface area contributed by atoms with E-state index in [1.807, 2.05) is 161 Å². The van der Waals surface area contributed by atoms with E-state index < -0.39 is 0 Å². The van der Waals surface area contributed by atoms with Crippen LogP contribution in [-0.2, 0) is 35.7 Å². The van der Waals surface area contributed by atoms with Gasteiger partial charge in [-0.2, -0.15) is 19.9 Å². The summed E-state index contributed by atoms with van der Waals surface area (Å²) in [5, 5.41) is 29.6. The topological polar surface area (TPSA) is 332 Å². The van der Waals surface area contributed by atoms with Crippen LogP contribution >= 0.6 is 0 Å². The summed E-state index contributed by atoms with van der Waals surface area (Å²) in [7, 11) is 0. The molecule has 0 spiro atoms. The number of rotatable bonds is 20. The van der Waals surface area contributed by atoms with Crippen molar-refractivity contribution in [2.75, 3.05) is 86.8 Å². The summed E-state index contributed by atoms with van der Waals surface area (Å²) in [5.74, 6) is 25.3. The van der Waals surface area contributed by atoms with Crippen LogP contribution in [-0.4, -0.2) is 134 Å². The van der Waals surface area contributed by atoms with Crippen LogP contribution in [0, 0.1) is 75.1 Å². The number of piperidine rings is 1. The normalized spacial score (nSPS) is 14.5. The van der Waals surface area contributed by atoms with E-state index in [9.17, 15) is 19.2 Å². The predicted molar refractivity (Wildman–Crippen MR) is 554 cm³/mol. The first-order chi connectivity index (χ1) is 68.5. The molecule has 140 heavy (non-hydrogen) atoms. The molecule has 20 rings (SSSR count). The zero-order chi connectivity index (χ0) is 96.8. The molecule has 3 saturated heterocycles. The van der Waals surface area contributed by atoms with Crippen molar-refractivity contribution in [3.05, 3.63) is 368 Å². The van der Waals surface area contributed by atoms with Crippen LogP contribution in [0.2, 0.25) is 0 Å². The van der Waals surface area contributed by atoms with Crippen molar-refractivity contribution in [1.29, 1.82) is 0 Å². The lowest BCUT2D eigenvalue weighted by atomic mass is 9.90. The standard InChI is InChI=1S/C28H28N6O.C28H26N6O.2C28H27N5O2/c2*1-3-5-22-16-23-17-31-28(32-24-9-7-20(8-10-24)21-11-14-29-15-12-21)33-26(23)34(27(22)35)18-25-19(2)6-4-13-30-25;2*1-3-6-21-15-23-16-30-28(31-24-11-9-20(10-12-24)25-17-29-13-14-35-25)32-26(23)33(27(21)34)18-22-8-5-4-7-19(22)2/h4,6-10,13,16-17,21,29H,11-12,14-15,18H2,1-2H3,(H,31,32,33);4,6-11,13,16-17,29H,12,14-15,18H2,1-2H3,(H,31,32,33);2*4-5,7-12,15-16,25,29H,13-14,17-18H2,1-2H3,(H,30,31,32). The van der Waals surface area contributed by atoms with Gasteiger partial charge in [-0.3, -0.25) is 47.4 Å². The molecule has 14 heterocycles. The molecule has 0 bridgehead atoms. The van der Waals surface area contributed by atoms with Crippen LogP contribution in [0.5, 0.6) is 0 Å². The number of nitrogens with one attached hydrogen (secondary N) is 8. The summed E-state index contributed by atoms with van der Waals surface area (Å²) >= 11 is 0. The summed E-state index contributed by atoms with van der Waals surface area (Å²) < 4.78 is 18.3. The Kier molecular flexibility index (Phi) is 31.1. The fourth-order valence-corrected chi connectivity index (χ4v) is 17.2. The number of hydrogen-bond acceptors (Lipinski definition) is 24. The molecule has 28 nitrogen and oxygen atoms in total. The predicted octanol–water partition coefficient (Wildman–Crippen LogP) is 16.0. The van der Waals surface area contributed by atoms with Crippen molar-refractivity contribution in [3.63, 3.8) is 0 Å². The van der Waals surface area contributed by atoms with Crippen molar-refractivity contribution in [3.8, 4) is 47.4 Å². The molecule has 2 unspecified atom stereocenters. The van der Waals surface area contributed by atoms with Crippen molar-refractivity contribution in [2.24, 2.45) is 0 Å². The minimum absolute atomic E-state index is 0.0611. The molecule has 0 saturated carbocycles. The molecular formula is C112H108N22O6. The maximum absolute atomic E-state index is 13.3. The van der Waals surface area contributed by atoms with Gasteiger partial charge in [0.1, 0.15) is 22.6 Å². The Balaban J connectivity index is 0.000000129. The van der Waals surface area contributed by atoms with E-state index in [-0.39, 0.29) is 34.4 Å². The van der Waals surface area contributed by atoms with E-state index in [4.69, 9.17) is 29.4 Å². The molecule has 6 aromatic carbocycles. The van der Waals surface area contributed by atoms with Crippen LogP contribution in [0.1, 0.15) is 154 Å². The number of aryl methyl sites for hydroxylation is 4. The molecular weight excluding hydrogens is 1750 g/mol. The van der Waals surface area contributed by atoms with Crippen molar-refractivity contribution in [1.82, 2.24) is 89.4 Å². The van der Waals surface area contributed by atoms with Crippen molar-refractivity contribution < 1.29 is 9.47 Å². The molecule has 4 aliphatic heterocycles. The molecule has 0 amide bonds. The van der Waals surface area contributed by atoms with Gasteiger partial charge in [-0.25, -0.2) is 19.9 Å². The fourth-order valence-electron chi connectivity index (χ4n) is 17.2. The highest BCUT2D eigenvalue weighted by atomic mass is 16.5. The van der Waals surface area contributed by atoms with Gasteiger partial charge in [0.2, 0.25) is 23.8 Å². The van der Waals surface area contributed by atoms with E-state index in [1.165, 1.54) is 16.7 Å². The van der Waals surface area contributed by atoms with Gasteiger partial charge in [-0.1, -0.05) is 139 Å². The van der Waals surface area contributed by atoms with Crippen LogP contribution in [0.15, 0.2) is 257 Å². The maximum atomic E-state index is 13.3. The van der Waals surface area contributed by atoms with Crippen molar-refractivity contribution in [2.45, 2.75) is 119 Å². The quantitative estimate of drug-likeness (QED) is 0.0329. The smallest absolute Gasteiger partial charge is 0.268 e. The van der Waals surface area contributed by atoms with Gasteiger partial charge in [-0.15, -0.1) is 23.7 Å². The average Bonchev–Trinajstić information content (AvgIpc) is 0.784. The number of morpholine rings is 2. The Bertz CT molecular complexity index is 7270. The summed E-state index contributed by atoms with van der Waals surface area (Å²) in [6.07, 6.45) is 16.1. The van der Waals surface area contributed by atoms with Crippen LogP contribution < -0.4 is 64.8 Å². The van der Waals surface area contributed by atoms with E-state index in [2.05, 4.69) is 162 Å². The third kappa shape index (κ3) is 23.3. The monoisotopic (exact) mass is 1860 g/mol. The Morgan fingerprint density at radius 1 is 0.364 bits per heavy atom. The van der Waals surface area contributed by atoms with E-state index >= 15 is 0 Å². The van der Waals surface area contributed by atoms with Crippen molar-refractivity contribution >= 4 is 96.2 Å². The van der Waals surface area contributed by atoms with E-state index in [0.717, 1.165) is 172 Å². The number of benzene rings is 6. The zero-order valence-electron chi connectivity index (χ0n) is 79.5. The largest absolute Gasteiger partial charge is 0.371 e. The number of anilines is 8. The van der Waals surface area contributed by atoms with Gasteiger partial charge in [0.15, 0.2) is 0 Å². The van der Waals surface area contributed by atoms with Crippen LogP contribution in [0.25, 0.3) is 49.7 Å². The lowest BCUT2D eigenvalue weighted by Gasteiger charge is -2.24. The first-order valence-corrected chi connectivity index (χ1v) is 47.0. The molecule has 4 aliphatic rings. The molecule has 8 N–H and O–H groups in total. The number of fused-ring (bicyclic) bond motifs is 4. The Morgan fingerprint density at radius 2 is 0.707 bits per heavy atom. The number of hydrogen-bond donors (Lipinski definition) is 8. The summed E-state index contributed by atoms with van der Waals surface area (Å²) in [4.78, 5) is 99.0. The minimum Gasteiger partial charge on any atom is -0.371 e. The summed E-state index contributed by atoms with van der Waals surface area (Å²) in [6, 6.07) is 63.7. The van der Waals surface area contributed by atoms with Gasteiger partial charge in [-0.05, 0) is 246 Å². The third-order valence-electron chi connectivity index (χ3n) is 24.9. The molecule has 3 fully saturated rings. The summed E-state index contributed by atoms with van der Waals surface area (Å²) in [6.45, 7) is 25.2. The Labute approximate surface area is 811 Å². The number of pyridine rings is 6. The number of aromatic nitrogens is 14. The van der Waals surface area contributed by atoms with Gasteiger partial charge in [0.05, 0.1) is 85.2 Å². The third-order valence-corrected chi connectivity index (χ3v) is 24.9. The Hall–Kier alpha value is -16.3. The highest BCUT2D eigenvalue weighted by Crippen LogP contribution is 2.32. The van der Waals surface area contributed by atoms with E-state index in [1.54, 1.807) is 107 Å². The molecule has 0 aliphatic carbocycles. The average molecular weight is 1860 g/mol. The fraction of sp³-hybridized carbons (Fsp3) is 0.250. The number of ether oxygens (including phenoxy) is 2. The molecule has 0 radical (unpaired) electrons.